The summed E-state index contributed by atoms with van der Waals surface area (Å²) in [5, 5.41) is 0.984. The van der Waals surface area contributed by atoms with Crippen LogP contribution in [-0.4, -0.2) is 26.8 Å². The molecular weight excluding hydrogens is 394 g/mol. The quantitative estimate of drug-likeness (QED) is 0.201. The zero-order valence-corrected chi connectivity index (χ0v) is 18.6. The number of nitrogens with zero attached hydrogens (tertiary/aromatic N) is 1. The number of hydrogen-bond donors (Lipinski definition) is 0. The molecule has 0 radical (unpaired) electrons. The summed E-state index contributed by atoms with van der Waals surface area (Å²) in [6.45, 7) is 2.73. The third-order valence-corrected chi connectivity index (χ3v) is 5.11. The molecule has 31 heavy (non-hydrogen) atoms. The van der Waals surface area contributed by atoms with Crippen molar-refractivity contribution in [2.45, 2.75) is 32.6 Å². The first-order chi connectivity index (χ1) is 15.1. The predicted octanol–water partition coefficient (Wildman–Crippen LogP) is 4.86. The van der Waals surface area contributed by atoms with Gasteiger partial charge in [0.25, 0.3) is 5.52 Å². The summed E-state index contributed by atoms with van der Waals surface area (Å²) in [6.07, 6.45) is 6.31. The Morgan fingerprint density at radius 3 is 2.32 bits per heavy atom. The van der Waals surface area contributed by atoms with Crippen molar-refractivity contribution >= 4 is 16.9 Å². The fourth-order valence-electron chi connectivity index (χ4n) is 3.49. The number of benzene rings is 2. The van der Waals surface area contributed by atoms with E-state index < -0.39 is 5.97 Å². The highest BCUT2D eigenvalue weighted by atomic mass is 16.5. The van der Waals surface area contributed by atoms with E-state index in [1.807, 2.05) is 42.1 Å². The third kappa shape index (κ3) is 5.26. The minimum absolute atomic E-state index is 0.322. The number of esters is 1. The maximum Gasteiger partial charge on any atom is 0.344 e. The summed E-state index contributed by atoms with van der Waals surface area (Å²) in [4.78, 5) is 13.0. The van der Waals surface area contributed by atoms with E-state index in [1.54, 1.807) is 32.4 Å². The molecule has 0 aliphatic carbocycles. The zero-order chi connectivity index (χ0) is 22.2. The van der Waals surface area contributed by atoms with Crippen LogP contribution in [0, 0.1) is 0 Å². The molecule has 0 unspecified atom stereocenters. The van der Waals surface area contributed by atoms with Crippen molar-refractivity contribution in [2.24, 2.45) is 7.05 Å². The Morgan fingerprint density at radius 1 is 0.935 bits per heavy atom. The Kier molecular flexibility index (Phi) is 7.70. The minimum Gasteiger partial charge on any atom is -0.493 e. The van der Waals surface area contributed by atoms with Crippen LogP contribution >= 0.6 is 0 Å². The second kappa shape index (κ2) is 10.7. The molecule has 0 aliphatic rings. The summed E-state index contributed by atoms with van der Waals surface area (Å²) >= 11 is 0. The molecule has 3 aromatic rings. The number of ether oxygens (including phenoxy) is 4. The maximum atomic E-state index is 13.0. The van der Waals surface area contributed by atoms with Gasteiger partial charge < -0.3 is 18.9 Å². The van der Waals surface area contributed by atoms with Gasteiger partial charge in [-0.2, -0.15) is 4.57 Å². The molecule has 6 nitrogen and oxygen atoms in total. The Labute approximate surface area is 183 Å². The maximum absolute atomic E-state index is 13.0. The molecule has 3 rings (SSSR count). The number of methoxy groups -OCH3 is 2. The predicted molar refractivity (Wildman–Crippen MR) is 119 cm³/mol. The lowest BCUT2D eigenvalue weighted by Gasteiger charge is -2.16. The first-order valence-corrected chi connectivity index (χ1v) is 10.6. The smallest absolute Gasteiger partial charge is 0.344 e. The molecule has 0 amide bonds. The zero-order valence-electron chi connectivity index (χ0n) is 18.6. The fraction of sp³-hybridized carbons (Fsp3) is 0.360. The Bertz CT molecular complexity index is 1020. The highest BCUT2D eigenvalue weighted by Gasteiger charge is 2.21. The standard InChI is InChI=1S/C25H30NO5/c1-5-6-7-8-15-30-24-21(28-3)16-19(17-22(24)29-4)25(27)31-20-13-9-11-18-12-10-14-26(2)23(18)20/h9-14,16-17H,5-8,15H2,1-4H3/q+1. The number of pyridine rings is 1. The lowest BCUT2D eigenvalue weighted by molar-refractivity contribution is -0.645. The van der Waals surface area contributed by atoms with Crippen molar-refractivity contribution in [1.29, 1.82) is 0 Å². The van der Waals surface area contributed by atoms with Crippen LogP contribution in [0.25, 0.3) is 10.9 Å². The van der Waals surface area contributed by atoms with Crippen LogP contribution in [0.4, 0.5) is 0 Å². The van der Waals surface area contributed by atoms with Gasteiger partial charge in [-0.1, -0.05) is 32.3 Å². The molecular formula is C25H30NO5+. The summed E-state index contributed by atoms with van der Waals surface area (Å²) in [5.74, 6) is 1.35. The molecule has 1 aromatic heterocycles. The van der Waals surface area contributed by atoms with Crippen LogP contribution in [-0.2, 0) is 7.05 Å². The topological polar surface area (TPSA) is 57.9 Å². The van der Waals surface area contributed by atoms with Gasteiger partial charge >= 0.3 is 5.97 Å². The summed E-state index contributed by atoms with van der Waals surface area (Å²) in [7, 11) is 5.00. The van der Waals surface area contributed by atoms with Gasteiger partial charge in [0.05, 0.1) is 31.8 Å². The van der Waals surface area contributed by atoms with Gasteiger partial charge in [0, 0.05) is 6.07 Å². The fourth-order valence-corrected chi connectivity index (χ4v) is 3.49. The number of fused-ring (bicyclic) bond motifs is 1. The molecule has 0 aliphatic heterocycles. The van der Waals surface area contributed by atoms with Crippen molar-refractivity contribution in [2.75, 3.05) is 20.8 Å². The van der Waals surface area contributed by atoms with E-state index in [2.05, 4.69) is 6.92 Å². The van der Waals surface area contributed by atoms with Gasteiger partial charge in [0.2, 0.25) is 11.5 Å². The number of carbonyl (C=O) groups excluding carboxylic acids is 1. The van der Waals surface area contributed by atoms with Crippen LogP contribution in [0.2, 0.25) is 0 Å². The molecule has 0 spiro atoms. The number of para-hydroxylation sites is 1. The second-order valence-electron chi connectivity index (χ2n) is 7.32. The van der Waals surface area contributed by atoms with E-state index in [1.165, 1.54) is 6.42 Å². The van der Waals surface area contributed by atoms with Crippen LogP contribution in [0.15, 0.2) is 48.7 Å². The number of unbranched alkanes of at least 4 members (excludes halogenated alkanes) is 3. The summed E-state index contributed by atoms with van der Waals surface area (Å²) in [5.41, 5.74) is 1.16. The van der Waals surface area contributed by atoms with Gasteiger partial charge in [0.15, 0.2) is 17.7 Å². The minimum atomic E-state index is -0.498. The van der Waals surface area contributed by atoms with Crippen LogP contribution in [0.3, 0.4) is 0 Å². The molecule has 0 fully saturated rings. The first-order valence-electron chi connectivity index (χ1n) is 10.6. The van der Waals surface area contributed by atoms with Crippen LogP contribution in [0.5, 0.6) is 23.0 Å². The number of hydrogen-bond acceptors (Lipinski definition) is 5. The lowest BCUT2D eigenvalue weighted by Crippen LogP contribution is -2.28. The van der Waals surface area contributed by atoms with Gasteiger partial charge in [-0.25, -0.2) is 4.79 Å². The normalized spacial score (nSPS) is 10.7. The molecule has 0 bridgehead atoms. The van der Waals surface area contributed by atoms with E-state index >= 15 is 0 Å². The van der Waals surface area contributed by atoms with E-state index in [0.717, 1.165) is 30.2 Å². The van der Waals surface area contributed by atoms with Crippen molar-refractivity contribution in [1.82, 2.24) is 0 Å². The molecule has 0 saturated carbocycles. The lowest BCUT2D eigenvalue weighted by atomic mass is 10.1. The van der Waals surface area contributed by atoms with Gasteiger partial charge in [-0.15, -0.1) is 0 Å². The first kappa shape index (κ1) is 22.4. The Balaban J connectivity index is 1.85. The van der Waals surface area contributed by atoms with Gasteiger partial charge in [0.1, 0.15) is 7.05 Å². The molecule has 0 N–H and O–H groups in total. The number of rotatable bonds is 10. The van der Waals surface area contributed by atoms with Crippen molar-refractivity contribution in [3.05, 3.63) is 54.2 Å². The van der Waals surface area contributed by atoms with Gasteiger partial charge in [-0.3, -0.25) is 0 Å². The Hall–Kier alpha value is -3.28. The van der Waals surface area contributed by atoms with Crippen LogP contribution in [0.1, 0.15) is 43.0 Å². The highest BCUT2D eigenvalue weighted by Crippen LogP contribution is 2.39. The van der Waals surface area contributed by atoms with E-state index in [0.29, 0.717) is 35.2 Å². The number of carbonyl (C=O) groups is 1. The monoisotopic (exact) mass is 424 g/mol. The largest absolute Gasteiger partial charge is 0.493 e. The Morgan fingerprint density at radius 2 is 1.65 bits per heavy atom. The second-order valence-corrected chi connectivity index (χ2v) is 7.32. The van der Waals surface area contributed by atoms with Crippen molar-refractivity contribution in [3.63, 3.8) is 0 Å². The molecule has 6 heteroatoms. The van der Waals surface area contributed by atoms with Crippen molar-refractivity contribution < 1.29 is 28.3 Å². The highest BCUT2D eigenvalue weighted by molar-refractivity contribution is 5.94. The molecule has 1 heterocycles. The summed E-state index contributed by atoms with van der Waals surface area (Å²) < 4.78 is 24.5. The SMILES string of the molecule is CCCCCCOc1c(OC)cc(C(=O)Oc2cccc3ccc[n+](C)c23)cc1OC. The number of aromatic nitrogens is 1. The van der Waals surface area contributed by atoms with Crippen molar-refractivity contribution in [3.8, 4) is 23.0 Å². The number of aryl methyl sites for hydroxylation is 1. The van der Waals surface area contributed by atoms with E-state index in [4.69, 9.17) is 18.9 Å². The summed E-state index contributed by atoms with van der Waals surface area (Å²) in [6, 6.07) is 12.8. The average Bonchev–Trinajstić information content (AvgIpc) is 2.78. The molecule has 0 saturated heterocycles. The van der Waals surface area contributed by atoms with E-state index in [-0.39, 0.29) is 0 Å². The average molecular weight is 425 g/mol. The molecule has 164 valence electrons. The van der Waals surface area contributed by atoms with E-state index in [9.17, 15) is 4.79 Å². The molecule has 2 aromatic carbocycles. The third-order valence-electron chi connectivity index (χ3n) is 5.11. The van der Waals surface area contributed by atoms with Gasteiger partial charge in [-0.05, 0) is 36.8 Å². The van der Waals surface area contributed by atoms with Crippen LogP contribution < -0.4 is 23.5 Å². The molecule has 0 atom stereocenters.